The van der Waals surface area contributed by atoms with Gasteiger partial charge in [-0.3, -0.25) is 0 Å². The van der Waals surface area contributed by atoms with Gasteiger partial charge in [-0.25, -0.2) is 9.78 Å². The van der Waals surface area contributed by atoms with Crippen LogP contribution in [0, 0.1) is 5.92 Å². The lowest BCUT2D eigenvalue weighted by Gasteiger charge is -2.35. The quantitative estimate of drug-likeness (QED) is 0.554. The lowest BCUT2D eigenvalue weighted by atomic mass is 9.78. The van der Waals surface area contributed by atoms with Crippen LogP contribution in [0.2, 0.25) is 0 Å². The van der Waals surface area contributed by atoms with E-state index in [0.717, 1.165) is 12.8 Å². The molecule has 2 aliphatic rings. The Morgan fingerprint density at radius 1 is 1.40 bits per heavy atom. The Hall–Kier alpha value is -0.120. The Morgan fingerprint density at radius 2 is 2.20 bits per heavy atom. The molecule has 3 heteroatoms. The Bertz CT molecular complexity index is 125. The minimum atomic E-state index is -0.932. The van der Waals surface area contributed by atoms with Crippen molar-refractivity contribution in [1.82, 2.24) is 0 Å². The maximum Gasteiger partial charge on any atom is 0.204 e. The molecular formula is C7H12O3. The summed E-state index contributed by atoms with van der Waals surface area (Å²) in [5.74, 6) is -0.604. The van der Waals surface area contributed by atoms with Gasteiger partial charge in [0.05, 0.1) is 6.61 Å². The molecule has 0 aromatic heterocycles. The normalized spacial score (nSPS) is 41.7. The summed E-state index contributed by atoms with van der Waals surface area (Å²) in [5, 5.41) is 9.66. The second kappa shape index (κ2) is 2.19. The van der Waals surface area contributed by atoms with Gasteiger partial charge in [-0.2, -0.15) is 0 Å². The molecule has 1 saturated carbocycles. The maximum atomic E-state index is 9.66. The van der Waals surface area contributed by atoms with Gasteiger partial charge in [0.15, 0.2) is 0 Å². The number of hydrogen-bond donors (Lipinski definition) is 1. The van der Waals surface area contributed by atoms with Crippen LogP contribution in [0.25, 0.3) is 0 Å². The molecule has 1 heterocycles. The zero-order chi connectivity index (χ0) is 7.03. The van der Waals surface area contributed by atoms with E-state index in [1.807, 2.05) is 0 Å². The average molecular weight is 144 g/mol. The van der Waals surface area contributed by atoms with Crippen LogP contribution >= 0.6 is 0 Å². The second-order valence-corrected chi connectivity index (χ2v) is 3.13. The molecule has 10 heavy (non-hydrogen) atoms. The Labute approximate surface area is 59.9 Å². The van der Waals surface area contributed by atoms with Crippen LogP contribution in [0.1, 0.15) is 25.7 Å². The van der Waals surface area contributed by atoms with Gasteiger partial charge in [-0.05, 0) is 12.8 Å². The van der Waals surface area contributed by atoms with Crippen LogP contribution < -0.4 is 0 Å². The largest absolute Gasteiger partial charge is 0.363 e. The van der Waals surface area contributed by atoms with E-state index >= 15 is 0 Å². The molecule has 1 saturated heterocycles. The molecule has 0 aromatic rings. The first kappa shape index (κ1) is 6.58. The molecule has 0 bridgehead atoms. The van der Waals surface area contributed by atoms with E-state index in [1.54, 1.807) is 0 Å². The highest BCUT2D eigenvalue weighted by Crippen LogP contribution is 2.41. The van der Waals surface area contributed by atoms with E-state index < -0.39 is 5.79 Å². The molecule has 1 unspecified atom stereocenters. The van der Waals surface area contributed by atoms with Gasteiger partial charge in [-0.1, -0.05) is 6.42 Å². The lowest BCUT2D eigenvalue weighted by molar-refractivity contribution is -0.388. The van der Waals surface area contributed by atoms with Crippen LogP contribution in [0.5, 0.6) is 0 Å². The van der Waals surface area contributed by atoms with Crippen molar-refractivity contribution in [2.75, 3.05) is 6.61 Å². The highest BCUT2D eigenvalue weighted by Gasteiger charge is 2.45. The third-order valence-corrected chi connectivity index (χ3v) is 2.49. The van der Waals surface area contributed by atoms with Crippen LogP contribution in [0.3, 0.4) is 0 Å². The first-order chi connectivity index (χ1) is 4.81. The fraction of sp³-hybridized carbons (Fsp3) is 1.00. The zero-order valence-corrected chi connectivity index (χ0v) is 5.88. The van der Waals surface area contributed by atoms with E-state index in [9.17, 15) is 5.11 Å². The molecule has 1 atom stereocenters. The van der Waals surface area contributed by atoms with Crippen molar-refractivity contribution in [3.05, 3.63) is 0 Å². The summed E-state index contributed by atoms with van der Waals surface area (Å²) in [6.07, 6.45) is 4.02. The summed E-state index contributed by atoms with van der Waals surface area (Å²) in [7, 11) is 0. The molecule has 1 N–H and O–H groups in total. The molecule has 0 amide bonds. The number of rotatable bonds is 1. The van der Waals surface area contributed by atoms with Gasteiger partial charge >= 0.3 is 0 Å². The first-order valence-electron chi connectivity index (χ1n) is 3.84. The van der Waals surface area contributed by atoms with E-state index in [-0.39, 0.29) is 0 Å². The minimum Gasteiger partial charge on any atom is -0.363 e. The third-order valence-electron chi connectivity index (χ3n) is 2.49. The fourth-order valence-electron chi connectivity index (χ4n) is 1.50. The molecule has 0 spiro atoms. The molecule has 2 fully saturated rings. The molecule has 1 aliphatic heterocycles. The molecule has 1 aliphatic carbocycles. The second-order valence-electron chi connectivity index (χ2n) is 3.13. The summed E-state index contributed by atoms with van der Waals surface area (Å²) in [4.78, 5) is 9.47. The van der Waals surface area contributed by atoms with Crippen molar-refractivity contribution in [2.45, 2.75) is 31.5 Å². The standard InChI is InChI=1S/C7H12O3/c8-7(4-5-9-10-7)6-2-1-3-6/h6,8H,1-5H2. The summed E-state index contributed by atoms with van der Waals surface area (Å²) in [6.45, 7) is 0.535. The van der Waals surface area contributed by atoms with Gasteiger partial charge in [0.2, 0.25) is 5.79 Å². The first-order valence-corrected chi connectivity index (χ1v) is 3.84. The zero-order valence-electron chi connectivity index (χ0n) is 5.88. The van der Waals surface area contributed by atoms with Gasteiger partial charge in [0.25, 0.3) is 0 Å². The Balaban J connectivity index is 1.98. The van der Waals surface area contributed by atoms with Gasteiger partial charge in [-0.15, -0.1) is 0 Å². The molecule has 0 aromatic carbocycles. The van der Waals surface area contributed by atoms with E-state index in [0.29, 0.717) is 18.9 Å². The predicted octanol–water partition coefficient (Wildman–Crippen LogP) is 0.827. The summed E-state index contributed by atoms with van der Waals surface area (Å²) in [5.41, 5.74) is 0. The maximum absolute atomic E-state index is 9.66. The van der Waals surface area contributed by atoms with Crippen LogP contribution in [-0.4, -0.2) is 17.5 Å². The van der Waals surface area contributed by atoms with Crippen LogP contribution in [0.15, 0.2) is 0 Å². The van der Waals surface area contributed by atoms with Gasteiger partial charge < -0.3 is 5.11 Å². The van der Waals surface area contributed by atoms with E-state index in [4.69, 9.17) is 4.89 Å². The average Bonchev–Trinajstić information content (AvgIpc) is 2.09. The molecule has 3 nitrogen and oxygen atoms in total. The fourth-order valence-corrected chi connectivity index (χ4v) is 1.50. The number of aliphatic hydroxyl groups is 1. The highest BCUT2D eigenvalue weighted by molar-refractivity contribution is 4.84. The summed E-state index contributed by atoms with van der Waals surface area (Å²) >= 11 is 0. The smallest absolute Gasteiger partial charge is 0.204 e. The van der Waals surface area contributed by atoms with Crippen molar-refractivity contribution in [3.63, 3.8) is 0 Å². The molecule has 58 valence electrons. The van der Waals surface area contributed by atoms with Crippen LogP contribution in [0.4, 0.5) is 0 Å². The van der Waals surface area contributed by atoms with E-state index in [1.165, 1.54) is 6.42 Å². The Kier molecular flexibility index (Phi) is 1.44. The SMILES string of the molecule is OC1(C2CCC2)CCOO1. The molecular weight excluding hydrogens is 132 g/mol. The van der Waals surface area contributed by atoms with Crippen molar-refractivity contribution < 1.29 is 14.9 Å². The predicted molar refractivity (Wildman–Crippen MR) is 33.9 cm³/mol. The summed E-state index contributed by atoms with van der Waals surface area (Å²) < 4.78 is 0. The van der Waals surface area contributed by atoms with Gasteiger partial charge in [0, 0.05) is 12.3 Å². The minimum absolute atomic E-state index is 0.329. The van der Waals surface area contributed by atoms with Crippen LogP contribution in [-0.2, 0) is 9.78 Å². The number of hydrogen-bond acceptors (Lipinski definition) is 3. The van der Waals surface area contributed by atoms with Crippen molar-refractivity contribution in [3.8, 4) is 0 Å². The Morgan fingerprint density at radius 3 is 2.60 bits per heavy atom. The van der Waals surface area contributed by atoms with Crippen molar-refractivity contribution >= 4 is 0 Å². The molecule has 2 rings (SSSR count). The topological polar surface area (TPSA) is 38.7 Å². The monoisotopic (exact) mass is 144 g/mol. The third kappa shape index (κ3) is 0.856. The molecule has 0 radical (unpaired) electrons. The summed E-state index contributed by atoms with van der Waals surface area (Å²) in [6, 6.07) is 0. The van der Waals surface area contributed by atoms with Crippen molar-refractivity contribution in [2.24, 2.45) is 5.92 Å². The van der Waals surface area contributed by atoms with Gasteiger partial charge in [0.1, 0.15) is 0 Å². The van der Waals surface area contributed by atoms with Crippen molar-refractivity contribution in [1.29, 1.82) is 0 Å². The lowest BCUT2D eigenvalue weighted by Crippen LogP contribution is -2.40. The van der Waals surface area contributed by atoms with E-state index in [2.05, 4.69) is 4.89 Å². The highest BCUT2D eigenvalue weighted by atomic mass is 17.2.